The highest BCUT2D eigenvalue weighted by Gasteiger charge is 2.38. The van der Waals surface area contributed by atoms with Crippen molar-refractivity contribution in [3.05, 3.63) is 46.3 Å². The van der Waals surface area contributed by atoms with Gasteiger partial charge in [0.15, 0.2) is 11.2 Å². The Hall–Kier alpha value is -2.63. The van der Waals surface area contributed by atoms with Gasteiger partial charge < -0.3 is 14.1 Å². The summed E-state index contributed by atoms with van der Waals surface area (Å²) in [6.45, 7) is 5.05. The van der Waals surface area contributed by atoms with Crippen molar-refractivity contribution in [2.45, 2.75) is 26.3 Å². The zero-order chi connectivity index (χ0) is 17.2. The maximum atomic E-state index is 12.6. The van der Waals surface area contributed by atoms with Crippen LogP contribution in [0.2, 0.25) is 0 Å². The van der Waals surface area contributed by atoms with E-state index >= 15 is 0 Å². The topological polar surface area (TPSA) is 76.8 Å². The Labute approximate surface area is 133 Å². The fourth-order valence-corrected chi connectivity index (χ4v) is 2.07. The third kappa shape index (κ3) is 3.11. The quantitative estimate of drug-likeness (QED) is 0.808. The molecule has 0 radical (unpaired) electrons. The van der Waals surface area contributed by atoms with Crippen molar-refractivity contribution in [3.8, 4) is 0 Å². The molecule has 0 fully saturated rings. The predicted octanol–water partition coefficient (Wildman–Crippen LogP) is 2.21. The van der Waals surface area contributed by atoms with E-state index in [9.17, 15) is 14.4 Å². The predicted molar refractivity (Wildman–Crippen MR) is 85.3 cm³/mol. The number of esters is 1. The number of carbonyl (C=O) groups excluding carboxylic acids is 2. The van der Waals surface area contributed by atoms with Crippen LogP contribution >= 0.6 is 0 Å². The monoisotopic (exact) mass is 317 g/mol. The first-order valence-corrected chi connectivity index (χ1v) is 7.27. The van der Waals surface area contributed by atoms with E-state index in [2.05, 4.69) is 0 Å². The Morgan fingerprint density at radius 3 is 2.57 bits per heavy atom. The van der Waals surface area contributed by atoms with Gasteiger partial charge in [0.2, 0.25) is 0 Å². The van der Waals surface area contributed by atoms with Crippen LogP contribution in [0.5, 0.6) is 0 Å². The highest BCUT2D eigenvalue weighted by atomic mass is 16.5. The largest absolute Gasteiger partial charge is 0.464 e. The average Bonchev–Trinajstić information content (AvgIpc) is 2.53. The molecule has 23 heavy (non-hydrogen) atoms. The van der Waals surface area contributed by atoms with Crippen molar-refractivity contribution in [3.63, 3.8) is 0 Å². The van der Waals surface area contributed by atoms with Crippen molar-refractivity contribution in [2.75, 3.05) is 13.7 Å². The minimum atomic E-state index is -1.18. The molecule has 1 aromatic heterocycles. The molecule has 0 N–H and O–H groups in total. The van der Waals surface area contributed by atoms with Crippen LogP contribution in [0.1, 0.15) is 31.3 Å². The molecule has 122 valence electrons. The van der Waals surface area contributed by atoms with Crippen molar-refractivity contribution in [1.29, 1.82) is 0 Å². The Morgan fingerprint density at radius 1 is 1.26 bits per heavy atom. The number of nitrogens with zero attached hydrogens (tertiary/aromatic N) is 1. The molecule has 0 atom stereocenters. The SMILES string of the molecule is CCOC(=O)C(C)(C)N(C)C(=O)c1cc(=O)c2ccccc2o1. The first-order chi connectivity index (χ1) is 10.8. The van der Waals surface area contributed by atoms with Crippen LogP contribution in [0.15, 0.2) is 39.5 Å². The van der Waals surface area contributed by atoms with Crippen molar-refractivity contribution in [1.82, 2.24) is 4.90 Å². The van der Waals surface area contributed by atoms with E-state index in [4.69, 9.17) is 9.15 Å². The van der Waals surface area contributed by atoms with Gasteiger partial charge in [-0.1, -0.05) is 12.1 Å². The Balaban J connectivity index is 2.40. The maximum Gasteiger partial charge on any atom is 0.331 e. The number of benzene rings is 1. The second-order valence-electron chi connectivity index (χ2n) is 5.61. The Kier molecular flexibility index (Phi) is 4.54. The molecule has 0 aliphatic rings. The van der Waals surface area contributed by atoms with Gasteiger partial charge in [-0.05, 0) is 32.9 Å². The normalized spacial score (nSPS) is 11.3. The number of rotatable bonds is 4. The van der Waals surface area contributed by atoms with Gasteiger partial charge in [-0.25, -0.2) is 4.79 Å². The summed E-state index contributed by atoms with van der Waals surface area (Å²) in [6.07, 6.45) is 0. The van der Waals surface area contributed by atoms with Gasteiger partial charge in [0.1, 0.15) is 11.1 Å². The zero-order valence-electron chi connectivity index (χ0n) is 13.6. The van der Waals surface area contributed by atoms with Gasteiger partial charge in [0.25, 0.3) is 5.91 Å². The molecular formula is C17H19NO5. The lowest BCUT2D eigenvalue weighted by Crippen LogP contribution is -2.51. The number of hydrogen-bond donors (Lipinski definition) is 0. The van der Waals surface area contributed by atoms with Crippen LogP contribution in [-0.4, -0.2) is 36.0 Å². The molecule has 0 unspecified atom stereocenters. The number of likely N-dealkylation sites (N-methyl/N-ethyl adjacent to an activating group) is 1. The smallest absolute Gasteiger partial charge is 0.331 e. The second-order valence-corrected chi connectivity index (χ2v) is 5.61. The number of fused-ring (bicyclic) bond motifs is 1. The Bertz CT molecular complexity index is 806. The lowest BCUT2D eigenvalue weighted by Gasteiger charge is -2.32. The summed E-state index contributed by atoms with van der Waals surface area (Å²) in [4.78, 5) is 37.9. The van der Waals surface area contributed by atoms with Crippen molar-refractivity contribution >= 4 is 22.8 Å². The molecule has 0 spiro atoms. The summed E-state index contributed by atoms with van der Waals surface area (Å²) in [5.74, 6) is -1.21. The third-order valence-corrected chi connectivity index (χ3v) is 3.76. The summed E-state index contributed by atoms with van der Waals surface area (Å²) in [5.41, 5.74) is -1.17. The van der Waals surface area contributed by atoms with Gasteiger partial charge in [-0.15, -0.1) is 0 Å². The van der Waals surface area contributed by atoms with Crippen LogP contribution in [0, 0.1) is 0 Å². The van der Waals surface area contributed by atoms with E-state index in [1.807, 2.05) is 0 Å². The fraction of sp³-hybridized carbons (Fsp3) is 0.353. The summed E-state index contributed by atoms with van der Waals surface area (Å²) >= 11 is 0. The van der Waals surface area contributed by atoms with E-state index in [-0.39, 0.29) is 17.8 Å². The fourth-order valence-electron chi connectivity index (χ4n) is 2.07. The first-order valence-electron chi connectivity index (χ1n) is 7.27. The van der Waals surface area contributed by atoms with Crippen LogP contribution in [-0.2, 0) is 9.53 Å². The molecule has 0 bridgehead atoms. The summed E-state index contributed by atoms with van der Waals surface area (Å²) in [7, 11) is 1.47. The number of hydrogen-bond acceptors (Lipinski definition) is 5. The summed E-state index contributed by atoms with van der Waals surface area (Å²) in [6, 6.07) is 7.82. The molecule has 1 aromatic carbocycles. The molecule has 0 aliphatic carbocycles. The van der Waals surface area contributed by atoms with Crippen LogP contribution in [0.25, 0.3) is 11.0 Å². The lowest BCUT2D eigenvalue weighted by molar-refractivity contribution is -0.153. The molecular weight excluding hydrogens is 298 g/mol. The molecule has 0 saturated heterocycles. The summed E-state index contributed by atoms with van der Waals surface area (Å²) in [5, 5.41) is 0.399. The molecule has 2 rings (SSSR count). The highest BCUT2D eigenvalue weighted by molar-refractivity contribution is 5.96. The molecule has 1 amide bonds. The maximum absolute atomic E-state index is 12.6. The van der Waals surface area contributed by atoms with Crippen LogP contribution < -0.4 is 5.43 Å². The molecule has 1 heterocycles. The van der Waals surface area contributed by atoms with Gasteiger partial charge in [0.05, 0.1) is 12.0 Å². The van der Waals surface area contributed by atoms with E-state index in [1.54, 1.807) is 45.0 Å². The minimum Gasteiger partial charge on any atom is -0.464 e. The van der Waals surface area contributed by atoms with Gasteiger partial charge in [-0.3, -0.25) is 9.59 Å². The number of para-hydroxylation sites is 1. The van der Waals surface area contributed by atoms with Crippen molar-refractivity contribution < 1.29 is 18.7 Å². The summed E-state index contributed by atoms with van der Waals surface area (Å²) < 4.78 is 10.5. The highest BCUT2D eigenvalue weighted by Crippen LogP contribution is 2.19. The van der Waals surface area contributed by atoms with E-state index in [1.165, 1.54) is 11.9 Å². The number of amides is 1. The van der Waals surface area contributed by atoms with Gasteiger partial charge >= 0.3 is 5.97 Å². The van der Waals surface area contributed by atoms with E-state index in [0.717, 1.165) is 6.07 Å². The van der Waals surface area contributed by atoms with E-state index < -0.39 is 17.4 Å². The van der Waals surface area contributed by atoms with Crippen LogP contribution in [0.3, 0.4) is 0 Å². The molecule has 2 aromatic rings. The van der Waals surface area contributed by atoms with E-state index in [0.29, 0.717) is 11.0 Å². The lowest BCUT2D eigenvalue weighted by atomic mass is 10.0. The standard InChI is InChI=1S/C17H19NO5/c1-5-22-16(21)17(2,3)18(4)15(20)14-10-12(19)11-8-6-7-9-13(11)23-14/h6-10H,5H2,1-4H3. The van der Waals surface area contributed by atoms with Gasteiger partial charge in [-0.2, -0.15) is 0 Å². The van der Waals surface area contributed by atoms with Gasteiger partial charge in [0, 0.05) is 13.1 Å². The van der Waals surface area contributed by atoms with Crippen molar-refractivity contribution in [2.24, 2.45) is 0 Å². The first kappa shape index (κ1) is 16.7. The number of ether oxygens (including phenoxy) is 1. The van der Waals surface area contributed by atoms with Crippen LogP contribution in [0.4, 0.5) is 0 Å². The zero-order valence-corrected chi connectivity index (χ0v) is 13.6. The second kappa shape index (κ2) is 6.24. The Morgan fingerprint density at radius 2 is 1.91 bits per heavy atom. The molecule has 6 heteroatoms. The third-order valence-electron chi connectivity index (χ3n) is 3.76. The molecule has 6 nitrogen and oxygen atoms in total. The molecule has 0 saturated carbocycles. The number of carbonyl (C=O) groups is 2. The minimum absolute atomic E-state index is 0.117. The molecule has 0 aliphatic heterocycles. The average molecular weight is 317 g/mol.